The SMILES string of the molecule is Cn1nc(C(F)(F)F)cc1-c1ccc(S(=O)(=O)N2CCN(C(CC3CCCCC3)C(=O)Nc3nccs3)C(=O)C2)s1. The molecule has 0 radical (unpaired) electrons. The molecule has 10 nitrogen and oxygen atoms in total. The van der Waals surface area contributed by atoms with Crippen molar-refractivity contribution in [3.63, 3.8) is 0 Å². The van der Waals surface area contributed by atoms with Crippen LogP contribution in [0.5, 0.6) is 0 Å². The molecular weight excluding hydrogens is 602 g/mol. The van der Waals surface area contributed by atoms with Crippen molar-refractivity contribution in [3.8, 4) is 10.6 Å². The van der Waals surface area contributed by atoms with E-state index in [9.17, 15) is 31.2 Å². The summed E-state index contributed by atoms with van der Waals surface area (Å²) < 4.78 is 68.2. The lowest BCUT2D eigenvalue weighted by molar-refractivity contribution is -0.142. The smallest absolute Gasteiger partial charge is 0.328 e. The highest BCUT2D eigenvalue weighted by Crippen LogP contribution is 2.36. The van der Waals surface area contributed by atoms with Crippen molar-refractivity contribution in [2.24, 2.45) is 13.0 Å². The first-order valence-electron chi connectivity index (χ1n) is 13.1. The highest BCUT2D eigenvalue weighted by molar-refractivity contribution is 7.91. The summed E-state index contributed by atoms with van der Waals surface area (Å²) in [6.45, 7) is -0.419. The molecule has 0 bridgehead atoms. The van der Waals surface area contributed by atoms with Gasteiger partial charge < -0.3 is 10.2 Å². The fourth-order valence-electron chi connectivity index (χ4n) is 5.35. The van der Waals surface area contributed by atoms with E-state index in [2.05, 4.69) is 15.4 Å². The third kappa shape index (κ3) is 6.49. The largest absolute Gasteiger partial charge is 0.435 e. The van der Waals surface area contributed by atoms with Crippen LogP contribution < -0.4 is 5.32 Å². The molecule has 0 spiro atoms. The number of carbonyl (C=O) groups is 2. The fraction of sp³-hybridized carbons (Fsp3) is 0.520. The van der Waals surface area contributed by atoms with Gasteiger partial charge in [0.2, 0.25) is 11.8 Å². The predicted molar refractivity (Wildman–Crippen MR) is 148 cm³/mol. The Hall–Kier alpha value is -2.82. The molecule has 5 rings (SSSR count). The number of thiophene rings is 1. The number of alkyl halides is 3. The number of nitrogens with one attached hydrogen (secondary N) is 1. The number of rotatable bonds is 8. The lowest BCUT2D eigenvalue weighted by atomic mass is 9.84. The molecule has 1 N–H and O–H groups in total. The van der Waals surface area contributed by atoms with Gasteiger partial charge in [-0.05, 0) is 30.5 Å². The molecule has 41 heavy (non-hydrogen) atoms. The average Bonchev–Trinajstić information content (AvgIpc) is 3.69. The van der Waals surface area contributed by atoms with Gasteiger partial charge in [0.25, 0.3) is 10.0 Å². The van der Waals surface area contributed by atoms with E-state index in [0.717, 1.165) is 58.5 Å². The number of aryl methyl sites for hydroxylation is 1. The number of halogens is 3. The molecule has 1 saturated heterocycles. The van der Waals surface area contributed by atoms with E-state index in [1.165, 1.54) is 35.4 Å². The van der Waals surface area contributed by atoms with E-state index >= 15 is 0 Å². The van der Waals surface area contributed by atoms with Gasteiger partial charge in [-0.15, -0.1) is 22.7 Å². The Kier molecular flexibility index (Phi) is 8.55. The number of sulfonamides is 1. The van der Waals surface area contributed by atoms with Crippen LogP contribution in [-0.2, 0) is 32.8 Å². The Morgan fingerprint density at radius 1 is 1.20 bits per heavy atom. The zero-order valence-electron chi connectivity index (χ0n) is 22.1. The van der Waals surface area contributed by atoms with Crippen molar-refractivity contribution < 1.29 is 31.2 Å². The second kappa shape index (κ2) is 11.8. The molecule has 1 aliphatic heterocycles. The van der Waals surface area contributed by atoms with Crippen molar-refractivity contribution >= 4 is 49.6 Å². The Bertz CT molecular complexity index is 1500. The Morgan fingerprint density at radius 2 is 1.95 bits per heavy atom. The van der Waals surface area contributed by atoms with E-state index in [1.54, 1.807) is 11.6 Å². The summed E-state index contributed by atoms with van der Waals surface area (Å²) in [6.07, 6.45) is 2.69. The monoisotopic (exact) mass is 630 g/mol. The van der Waals surface area contributed by atoms with Gasteiger partial charge >= 0.3 is 6.18 Å². The van der Waals surface area contributed by atoms with Crippen molar-refractivity contribution in [3.05, 3.63) is 35.5 Å². The third-order valence-corrected chi connectivity index (χ3v) is 11.6. The zero-order chi connectivity index (χ0) is 29.4. The van der Waals surface area contributed by atoms with E-state index < -0.39 is 40.4 Å². The maximum Gasteiger partial charge on any atom is 0.435 e. The van der Waals surface area contributed by atoms with E-state index in [4.69, 9.17) is 0 Å². The van der Waals surface area contributed by atoms with Crippen LogP contribution >= 0.6 is 22.7 Å². The second-order valence-electron chi connectivity index (χ2n) is 10.2. The quantitative estimate of drug-likeness (QED) is 0.394. The van der Waals surface area contributed by atoms with Gasteiger partial charge in [0, 0.05) is 31.7 Å². The molecule has 2 fully saturated rings. The first-order valence-corrected chi connectivity index (χ1v) is 16.3. The predicted octanol–water partition coefficient (Wildman–Crippen LogP) is 4.43. The van der Waals surface area contributed by atoms with Gasteiger partial charge in [0.1, 0.15) is 10.3 Å². The molecule has 3 aromatic rings. The highest BCUT2D eigenvalue weighted by atomic mass is 32.2. The topological polar surface area (TPSA) is 118 Å². The van der Waals surface area contributed by atoms with E-state index in [-0.39, 0.29) is 28.9 Å². The van der Waals surface area contributed by atoms with Gasteiger partial charge in [-0.1, -0.05) is 32.1 Å². The summed E-state index contributed by atoms with van der Waals surface area (Å²) in [5.74, 6) is -0.527. The first-order chi connectivity index (χ1) is 19.4. The van der Waals surface area contributed by atoms with Crippen molar-refractivity contribution in [2.75, 3.05) is 25.0 Å². The van der Waals surface area contributed by atoms with Crippen LogP contribution in [0.2, 0.25) is 0 Å². The highest BCUT2D eigenvalue weighted by Gasteiger charge is 2.40. The summed E-state index contributed by atoms with van der Waals surface area (Å²) in [4.78, 5) is 32.5. The molecule has 2 aliphatic rings. The summed E-state index contributed by atoms with van der Waals surface area (Å²) in [7, 11) is -2.76. The molecule has 16 heteroatoms. The number of thiazole rings is 1. The zero-order valence-corrected chi connectivity index (χ0v) is 24.6. The Labute approximate surface area is 243 Å². The minimum absolute atomic E-state index is 0.0169. The standard InChI is InChI=1S/C25H29F3N6O4S3/c1-32-17(14-20(31-32)25(26,27)28)19-7-8-22(40-19)41(37,38)33-10-11-34(21(35)15-33)18(13-16-5-3-2-4-6-16)23(36)30-24-29-9-12-39-24/h7-9,12,14,16,18H,2-6,10-11,13,15H2,1H3,(H,29,30,36). The second-order valence-corrected chi connectivity index (χ2v) is 14.3. The maximum atomic E-state index is 13.4. The summed E-state index contributed by atoms with van der Waals surface area (Å²) >= 11 is 2.08. The van der Waals surface area contributed by atoms with Crippen LogP contribution in [0.4, 0.5) is 18.3 Å². The number of hydrogen-bond donors (Lipinski definition) is 1. The number of carbonyl (C=O) groups excluding carboxylic acids is 2. The number of hydrogen-bond acceptors (Lipinski definition) is 8. The number of amides is 2. The minimum atomic E-state index is -4.63. The molecule has 1 aliphatic carbocycles. The molecule has 2 amide bonds. The molecule has 1 unspecified atom stereocenters. The van der Waals surface area contributed by atoms with Crippen LogP contribution in [0, 0.1) is 5.92 Å². The first kappa shape index (κ1) is 29.7. The molecule has 222 valence electrons. The number of aromatic nitrogens is 3. The summed E-state index contributed by atoms with van der Waals surface area (Å²) in [5.41, 5.74) is -0.947. The number of nitrogens with zero attached hydrogens (tertiary/aromatic N) is 5. The number of anilines is 1. The summed E-state index contributed by atoms with van der Waals surface area (Å²) in [6, 6.07) is 2.86. The Balaban J connectivity index is 1.31. The van der Waals surface area contributed by atoms with Crippen LogP contribution in [0.1, 0.15) is 44.2 Å². The van der Waals surface area contributed by atoms with Gasteiger partial charge in [0.15, 0.2) is 10.8 Å². The molecule has 4 heterocycles. The fourth-order valence-corrected chi connectivity index (χ4v) is 8.77. The van der Waals surface area contributed by atoms with E-state index in [0.29, 0.717) is 22.3 Å². The van der Waals surface area contributed by atoms with Crippen LogP contribution in [0.25, 0.3) is 10.6 Å². The normalized spacial score (nSPS) is 18.5. The lowest BCUT2D eigenvalue weighted by Crippen LogP contribution is -2.58. The molecule has 1 atom stereocenters. The summed E-state index contributed by atoms with van der Waals surface area (Å²) in [5, 5.41) is 8.45. The van der Waals surface area contributed by atoms with Gasteiger partial charge in [-0.2, -0.15) is 22.6 Å². The van der Waals surface area contributed by atoms with Crippen LogP contribution in [-0.4, -0.2) is 69.9 Å². The van der Waals surface area contributed by atoms with Crippen molar-refractivity contribution in [1.82, 2.24) is 24.0 Å². The lowest BCUT2D eigenvalue weighted by Gasteiger charge is -2.39. The molecule has 3 aromatic heterocycles. The van der Waals surface area contributed by atoms with Crippen LogP contribution in [0.3, 0.4) is 0 Å². The molecule has 1 saturated carbocycles. The third-order valence-electron chi connectivity index (χ3n) is 7.44. The van der Waals surface area contributed by atoms with Gasteiger partial charge in [0.05, 0.1) is 17.1 Å². The van der Waals surface area contributed by atoms with Gasteiger partial charge in [-0.3, -0.25) is 14.3 Å². The van der Waals surface area contributed by atoms with Crippen LogP contribution in [0.15, 0.2) is 34.0 Å². The van der Waals surface area contributed by atoms with Crippen molar-refractivity contribution in [2.45, 2.75) is 55.0 Å². The maximum absolute atomic E-state index is 13.4. The van der Waals surface area contributed by atoms with Crippen molar-refractivity contribution in [1.29, 1.82) is 0 Å². The average molecular weight is 631 g/mol. The minimum Gasteiger partial charge on any atom is -0.328 e. The molecular formula is C25H29F3N6O4S3. The van der Waals surface area contributed by atoms with Gasteiger partial charge in [-0.25, -0.2) is 13.4 Å². The molecule has 0 aromatic carbocycles. The van der Waals surface area contributed by atoms with E-state index in [1.807, 2.05) is 0 Å². The Morgan fingerprint density at radius 3 is 2.59 bits per heavy atom. The number of piperazine rings is 1.